The summed E-state index contributed by atoms with van der Waals surface area (Å²) in [7, 11) is 0.0127. The predicted molar refractivity (Wildman–Crippen MR) is 243 cm³/mol. The zero-order chi connectivity index (χ0) is 44.3. The maximum Gasteiger partial charge on any atom is 0.435 e. The van der Waals surface area contributed by atoms with Gasteiger partial charge in [-0.05, 0) is 80.3 Å². The highest BCUT2D eigenvalue weighted by atomic mass is 32.1. The second-order valence-corrected chi connectivity index (χ2v) is 24.5. The Morgan fingerprint density at radius 2 is 1.81 bits per heavy atom. The van der Waals surface area contributed by atoms with Crippen LogP contribution in [0.25, 0.3) is 26.3 Å². The van der Waals surface area contributed by atoms with Crippen LogP contribution in [0.1, 0.15) is 57.6 Å². The van der Waals surface area contributed by atoms with Crippen LogP contribution in [0.15, 0.2) is 71.7 Å². The molecule has 1 aliphatic rings. The number of nitrogens with zero attached hydrogens (tertiary/aromatic N) is 7. The summed E-state index contributed by atoms with van der Waals surface area (Å²) in [5, 5.41) is 4.90. The van der Waals surface area contributed by atoms with Gasteiger partial charge in [0.25, 0.3) is 11.6 Å². The average molecular weight is 893 g/mol. The van der Waals surface area contributed by atoms with Crippen molar-refractivity contribution in [3.63, 3.8) is 0 Å². The van der Waals surface area contributed by atoms with Crippen molar-refractivity contribution in [1.82, 2.24) is 19.3 Å². The predicted octanol–water partition coefficient (Wildman–Crippen LogP) is 8.92. The molecule has 3 aromatic carbocycles. The van der Waals surface area contributed by atoms with Gasteiger partial charge in [-0.3, -0.25) is 9.36 Å². The minimum absolute atomic E-state index is 0.00348. The van der Waals surface area contributed by atoms with Gasteiger partial charge in [0, 0.05) is 33.3 Å². The number of hydrogen-bond donors (Lipinski definition) is 1. The molecule has 0 saturated carbocycles. The standard InChI is InChI=1S/C44H48N8O7S2Si/c1-44(2,3)59-43(55)52-38(45)37(46-4)35(49-52)28-14-11-15-29(23-28)58-25-34-36(40(54)56-5)47-41(61-34)50-20-19-27-13-12-16-30(31(27)24-50)39(53)48-42-51(26-57-21-22-62(6,7)8)32-17-9-10-18-33(32)60-42/h9-18,23H,19-22,24-26,45H2,1-3,5-8H3. The Morgan fingerprint density at radius 1 is 1.03 bits per heavy atom. The number of nitrogen functional groups attached to an aromatic ring is 1. The Bertz CT molecular complexity index is 2790. The normalized spacial score (nSPS) is 13.2. The highest BCUT2D eigenvalue weighted by Crippen LogP contribution is 2.38. The number of fused-ring (bicyclic) bond motifs is 2. The molecular formula is C44H48N8O7S2Si. The fraction of sp³-hybridized carbons (Fsp3) is 0.341. The second kappa shape index (κ2) is 18.1. The van der Waals surface area contributed by atoms with Crippen LogP contribution in [-0.4, -0.2) is 71.2 Å². The number of ether oxygens (including phenoxy) is 4. The highest BCUT2D eigenvalue weighted by molar-refractivity contribution is 7.16. The zero-order valence-electron chi connectivity index (χ0n) is 35.7. The van der Waals surface area contributed by atoms with E-state index >= 15 is 0 Å². The van der Waals surface area contributed by atoms with E-state index in [9.17, 15) is 14.4 Å². The van der Waals surface area contributed by atoms with E-state index < -0.39 is 25.7 Å². The molecular weight excluding hydrogens is 845 g/mol. The van der Waals surface area contributed by atoms with Crippen molar-refractivity contribution in [1.29, 1.82) is 0 Å². The van der Waals surface area contributed by atoms with Crippen molar-refractivity contribution < 1.29 is 33.3 Å². The molecule has 15 nitrogen and oxygen atoms in total. The largest absolute Gasteiger partial charge is 0.488 e. The fourth-order valence-electron chi connectivity index (χ4n) is 6.74. The van der Waals surface area contributed by atoms with E-state index in [-0.39, 0.29) is 35.4 Å². The van der Waals surface area contributed by atoms with Crippen LogP contribution in [0.5, 0.6) is 5.75 Å². The van der Waals surface area contributed by atoms with Crippen molar-refractivity contribution in [3.8, 4) is 17.0 Å². The Hall–Kier alpha value is -6.13. The lowest BCUT2D eigenvalue weighted by atomic mass is 9.95. The lowest BCUT2D eigenvalue weighted by Gasteiger charge is -2.29. The number of thiazole rings is 2. The first-order valence-electron chi connectivity index (χ1n) is 19.9. The number of hydrogen-bond acceptors (Lipinski definition) is 13. The monoisotopic (exact) mass is 892 g/mol. The third-order valence-corrected chi connectivity index (χ3v) is 13.7. The van der Waals surface area contributed by atoms with Crippen molar-refractivity contribution in [2.24, 2.45) is 4.99 Å². The number of carbonyl (C=O) groups is 3. The molecule has 0 spiro atoms. The van der Waals surface area contributed by atoms with E-state index in [4.69, 9.17) is 36.2 Å². The van der Waals surface area contributed by atoms with E-state index in [1.54, 1.807) is 45.0 Å². The van der Waals surface area contributed by atoms with Crippen molar-refractivity contribution in [2.75, 3.05) is 30.9 Å². The zero-order valence-corrected chi connectivity index (χ0v) is 38.3. The smallest absolute Gasteiger partial charge is 0.435 e. The minimum atomic E-state index is -1.28. The molecule has 0 bridgehead atoms. The Labute approximate surface area is 368 Å². The lowest BCUT2D eigenvalue weighted by Crippen LogP contribution is -2.31. The molecule has 0 fully saturated rings. The Morgan fingerprint density at radius 3 is 2.55 bits per heavy atom. The number of benzene rings is 3. The number of para-hydroxylation sites is 1. The summed E-state index contributed by atoms with van der Waals surface area (Å²) in [5.41, 5.74) is 9.52. The molecule has 7 rings (SSSR count). The van der Waals surface area contributed by atoms with Crippen LogP contribution in [0, 0.1) is 6.57 Å². The molecule has 3 aromatic heterocycles. The quantitative estimate of drug-likeness (QED) is 0.0539. The molecule has 1 aliphatic heterocycles. The first-order chi connectivity index (χ1) is 29.5. The molecule has 6 aromatic rings. The Balaban J connectivity index is 1.12. The van der Waals surface area contributed by atoms with E-state index in [1.165, 1.54) is 29.8 Å². The summed E-state index contributed by atoms with van der Waals surface area (Å²) in [4.78, 5) is 56.1. The summed E-state index contributed by atoms with van der Waals surface area (Å²) >= 11 is 2.75. The lowest BCUT2D eigenvalue weighted by molar-refractivity contribution is 0.0518. The van der Waals surface area contributed by atoms with Gasteiger partial charge in [-0.15, -0.1) is 0 Å². The molecule has 0 atom stereocenters. The van der Waals surface area contributed by atoms with E-state index in [0.29, 0.717) is 64.5 Å². The van der Waals surface area contributed by atoms with E-state index in [2.05, 4.69) is 34.6 Å². The first kappa shape index (κ1) is 43.9. The molecule has 18 heteroatoms. The maximum absolute atomic E-state index is 14.1. The molecule has 0 aliphatic carbocycles. The fourth-order valence-corrected chi connectivity index (χ4v) is 9.50. The van der Waals surface area contributed by atoms with Gasteiger partial charge in [-0.2, -0.15) is 14.8 Å². The van der Waals surface area contributed by atoms with Crippen molar-refractivity contribution in [3.05, 3.63) is 110 Å². The van der Waals surface area contributed by atoms with Crippen LogP contribution in [-0.2, 0) is 40.5 Å². The van der Waals surface area contributed by atoms with Crippen LogP contribution >= 0.6 is 22.7 Å². The van der Waals surface area contributed by atoms with Gasteiger partial charge >= 0.3 is 12.1 Å². The maximum atomic E-state index is 14.1. The second-order valence-electron chi connectivity index (χ2n) is 16.8. The van der Waals surface area contributed by atoms with Crippen LogP contribution in [0.4, 0.5) is 21.4 Å². The summed E-state index contributed by atoms with van der Waals surface area (Å²) in [6, 6.07) is 21.6. The molecule has 0 radical (unpaired) electrons. The van der Waals surface area contributed by atoms with Crippen LogP contribution < -0.4 is 20.2 Å². The van der Waals surface area contributed by atoms with Gasteiger partial charge in [-0.1, -0.05) is 78.7 Å². The average Bonchev–Trinajstić information content (AvgIpc) is 3.93. The van der Waals surface area contributed by atoms with Crippen molar-refractivity contribution >= 4 is 75.6 Å². The number of aromatic nitrogens is 4. The Kier molecular flexibility index (Phi) is 12.8. The van der Waals surface area contributed by atoms with Gasteiger partial charge < -0.3 is 29.6 Å². The molecule has 0 unspecified atom stereocenters. The summed E-state index contributed by atoms with van der Waals surface area (Å²) in [5.74, 6) is -0.691. The van der Waals surface area contributed by atoms with Crippen LogP contribution in [0.3, 0.4) is 0 Å². The molecule has 322 valence electrons. The number of anilines is 2. The van der Waals surface area contributed by atoms with Crippen molar-refractivity contribution in [2.45, 2.75) is 78.4 Å². The van der Waals surface area contributed by atoms with Crippen LogP contribution in [0.2, 0.25) is 25.7 Å². The van der Waals surface area contributed by atoms with E-state index in [1.807, 2.05) is 51.9 Å². The number of amides is 1. The van der Waals surface area contributed by atoms with Gasteiger partial charge in [0.2, 0.25) is 0 Å². The first-order valence-corrected chi connectivity index (χ1v) is 25.3. The number of rotatable bonds is 12. The van der Waals surface area contributed by atoms with Gasteiger partial charge in [0.15, 0.2) is 15.6 Å². The topological polar surface area (TPSA) is 170 Å². The van der Waals surface area contributed by atoms with E-state index in [0.717, 1.165) is 32.1 Å². The van der Waals surface area contributed by atoms with Gasteiger partial charge in [-0.25, -0.2) is 19.4 Å². The molecule has 62 heavy (non-hydrogen) atoms. The third kappa shape index (κ3) is 9.81. The molecule has 2 N–H and O–H groups in total. The summed E-state index contributed by atoms with van der Waals surface area (Å²) in [6.07, 6.45) is -0.157. The summed E-state index contributed by atoms with van der Waals surface area (Å²) in [6.45, 7) is 21.7. The highest BCUT2D eigenvalue weighted by Gasteiger charge is 2.29. The number of esters is 1. The number of methoxy groups -OCH3 is 1. The van der Waals surface area contributed by atoms with Gasteiger partial charge in [0.05, 0.1) is 28.8 Å². The minimum Gasteiger partial charge on any atom is -0.488 e. The van der Waals surface area contributed by atoms with Gasteiger partial charge in [0.1, 0.15) is 36.2 Å². The number of carbonyl (C=O) groups excluding carboxylic acids is 3. The SMILES string of the molecule is [C-]#[N+]c1c(-c2cccc(OCc3sc(N4CCc5cccc(C(=O)N=c6sc7ccccc7n6COCC[Si](C)(C)C)c5C4)nc3C(=O)OC)c2)nn(C(=O)OC(C)(C)C)c1N. The summed E-state index contributed by atoms with van der Waals surface area (Å²) < 4.78 is 26.7. The third-order valence-electron chi connectivity index (χ3n) is 9.89. The molecule has 0 saturated heterocycles. The number of nitrogens with two attached hydrogens (primary N) is 1. The molecule has 4 heterocycles. The molecule has 1 amide bonds.